The van der Waals surface area contributed by atoms with Crippen molar-refractivity contribution in [2.24, 2.45) is 5.92 Å². The first-order valence-electron chi connectivity index (χ1n) is 5.83. The Kier molecular flexibility index (Phi) is 2.14. The highest BCUT2D eigenvalue weighted by atomic mass is 15.2. The van der Waals surface area contributed by atoms with E-state index in [4.69, 9.17) is 0 Å². The van der Waals surface area contributed by atoms with Gasteiger partial charge in [-0.3, -0.25) is 4.90 Å². The lowest BCUT2D eigenvalue weighted by Crippen LogP contribution is -2.32. The molecular formula is C14H17N. The lowest BCUT2D eigenvalue weighted by molar-refractivity contribution is 0.213. The average molecular weight is 199 g/mol. The summed E-state index contributed by atoms with van der Waals surface area (Å²) in [4.78, 5) is 2.62. The molecule has 3 rings (SSSR count). The Morgan fingerprint density at radius 1 is 1.20 bits per heavy atom. The zero-order chi connectivity index (χ0) is 10.3. The normalized spacial score (nSPS) is 31.0. The van der Waals surface area contributed by atoms with Crippen molar-refractivity contribution in [1.29, 1.82) is 0 Å². The van der Waals surface area contributed by atoms with E-state index in [1.54, 1.807) is 0 Å². The van der Waals surface area contributed by atoms with Crippen molar-refractivity contribution in [2.45, 2.75) is 25.4 Å². The minimum absolute atomic E-state index is 0.561. The Morgan fingerprint density at radius 2 is 2.00 bits per heavy atom. The standard InChI is InChI=1S/C14H17N/c1-11(13-5-3-2-4-6-13)15-10-12-7-8-14(15)9-12/h2-8,11-12,14H,9-10H2,1H3/t11-,12+,14-/m1/s1. The van der Waals surface area contributed by atoms with Crippen LogP contribution in [-0.2, 0) is 0 Å². The van der Waals surface area contributed by atoms with Crippen LogP contribution in [0.15, 0.2) is 42.5 Å². The van der Waals surface area contributed by atoms with Crippen molar-refractivity contribution < 1.29 is 0 Å². The van der Waals surface area contributed by atoms with Crippen molar-refractivity contribution >= 4 is 0 Å². The topological polar surface area (TPSA) is 3.24 Å². The molecule has 0 saturated carbocycles. The second-order valence-electron chi connectivity index (χ2n) is 4.73. The minimum Gasteiger partial charge on any atom is -0.290 e. The first-order valence-corrected chi connectivity index (χ1v) is 5.83. The molecule has 1 heteroatoms. The summed E-state index contributed by atoms with van der Waals surface area (Å²) < 4.78 is 0. The molecule has 1 fully saturated rings. The summed E-state index contributed by atoms with van der Waals surface area (Å²) in [5.74, 6) is 0.821. The van der Waals surface area contributed by atoms with Crippen LogP contribution >= 0.6 is 0 Å². The van der Waals surface area contributed by atoms with Gasteiger partial charge in [0.05, 0.1) is 0 Å². The third-order valence-electron chi connectivity index (χ3n) is 3.80. The van der Waals surface area contributed by atoms with Crippen LogP contribution in [0, 0.1) is 5.92 Å². The third-order valence-corrected chi connectivity index (χ3v) is 3.80. The van der Waals surface area contributed by atoms with Gasteiger partial charge in [-0.1, -0.05) is 42.5 Å². The summed E-state index contributed by atoms with van der Waals surface area (Å²) in [6.07, 6.45) is 6.11. The quantitative estimate of drug-likeness (QED) is 0.662. The Bertz CT molecular complexity index is 368. The van der Waals surface area contributed by atoms with Gasteiger partial charge in [-0.15, -0.1) is 0 Å². The van der Waals surface area contributed by atoms with E-state index in [1.165, 1.54) is 18.5 Å². The van der Waals surface area contributed by atoms with Gasteiger partial charge in [0.15, 0.2) is 0 Å². The Hall–Kier alpha value is -1.08. The molecule has 15 heavy (non-hydrogen) atoms. The molecule has 0 aromatic heterocycles. The fraction of sp³-hybridized carbons (Fsp3) is 0.429. The maximum absolute atomic E-state index is 2.62. The molecule has 0 radical (unpaired) electrons. The highest BCUT2D eigenvalue weighted by Crippen LogP contribution is 2.37. The van der Waals surface area contributed by atoms with Crippen molar-refractivity contribution in [2.75, 3.05) is 6.54 Å². The minimum atomic E-state index is 0.561. The molecule has 0 spiro atoms. The smallest absolute Gasteiger partial charge is 0.0326 e. The number of likely N-dealkylation sites (tertiary alicyclic amines) is 1. The molecule has 0 unspecified atom stereocenters. The summed E-state index contributed by atoms with van der Waals surface area (Å²) in [6.45, 7) is 3.57. The van der Waals surface area contributed by atoms with Crippen molar-refractivity contribution in [3.8, 4) is 0 Å². The van der Waals surface area contributed by atoms with Gasteiger partial charge in [0, 0.05) is 18.6 Å². The van der Waals surface area contributed by atoms with E-state index in [2.05, 4.69) is 54.3 Å². The molecule has 1 nitrogen and oxygen atoms in total. The molecule has 78 valence electrons. The number of fused-ring (bicyclic) bond motifs is 2. The molecule has 1 aromatic carbocycles. The Labute approximate surface area is 91.4 Å². The number of nitrogens with zero attached hydrogens (tertiary/aromatic N) is 1. The van der Waals surface area contributed by atoms with Crippen molar-refractivity contribution in [3.63, 3.8) is 0 Å². The molecule has 0 amide bonds. The summed E-state index contributed by atoms with van der Waals surface area (Å²) in [5.41, 5.74) is 1.44. The number of benzene rings is 1. The predicted molar refractivity (Wildman–Crippen MR) is 62.6 cm³/mol. The van der Waals surface area contributed by atoms with Crippen LogP contribution in [0.3, 0.4) is 0 Å². The molecule has 1 saturated heterocycles. The van der Waals surface area contributed by atoms with Crippen LogP contribution in [0.25, 0.3) is 0 Å². The molecule has 2 bridgehead atoms. The number of rotatable bonds is 2. The maximum Gasteiger partial charge on any atom is 0.0326 e. The predicted octanol–water partition coefficient (Wildman–Crippen LogP) is 3.01. The Morgan fingerprint density at radius 3 is 2.60 bits per heavy atom. The van der Waals surface area contributed by atoms with Gasteiger partial charge in [-0.2, -0.15) is 0 Å². The highest BCUT2D eigenvalue weighted by molar-refractivity contribution is 5.22. The lowest BCUT2D eigenvalue weighted by Gasteiger charge is -2.30. The van der Waals surface area contributed by atoms with E-state index < -0.39 is 0 Å². The molecule has 1 heterocycles. The SMILES string of the molecule is C[C@H](c1ccccc1)N1C[C@H]2C=C[C@@H]1C2. The van der Waals surface area contributed by atoms with Crippen LogP contribution < -0.4 is 0 Å². The molecule has 0 N–H and O–H groups in total. The highest BCUT2D eigenvalue weighted by Gasteiger charge is 2.36. The zero-order valence-electron chi connectivity index (χ0n) is 9.13. The van der Waals surface area contributed by atoms with Gasteiger partial charge in [0.2, 0.25) is 0 Å². The monoisotopic (exact) mass is 199 g/mol. The first kappa shape index (κ1) is 9.17. The van der Waals surface area contributed by atoms with Crippen LogP contribution in [0.2, 0.25) is 0 Å². The molecule has 1 aliphatic heterocycles. The van der Waals surface area contributed by atoms with E-state index in [0.29, 0.717) is 12.1 Å². The summed E-state index contributed by atoms with van der Waals surface area (Å²) >= 11 is 0. The number of hydrogen-bond donors (Lipinski definition) is 0. The van der Waals surface area contributed by atoms with Gasteiger partial charge in [0.25, 0.3) is 0 Å². The molecule has 1 aromatic rings. The second-order valence-corrected chi connectivity index (χ2v) is 4.73. The molecule has 2 aliphatic rings. The summed E-state index contributed by atoms with van der Waals surface area (Å²) in [6, 6.07) is 12.1. The van der Waals surface area contributed by atoms with Crippen LogP contribution in [0.4, 0.5) is 0 Å². The van der Waals surface area contributed by atoms with E-state index in [9.17, 15) is 0 Å². The second kappa shape index (κ2) is 3.49. The number of hydrogen-bond acceptors (Lipinski definition) is 1. The summed E-state index contributed by atoms with van der Waals surface area (Å²) in [7, 11) is 0. The van der Waals surface area contributed by atoms with Gasteiger partial charge in [-0.25, -0.2) is 0 Å². The fourth-order valence-electron chi connectivity index (χ4n) is 2.91. The van der Waals surface area contributed by atoms with E-state index >= 15 is 0 Å². The maximum atomic E-state index is 2.62. The van der Waals surface area contributed by atoms with Crippen LogP contribution in [0.1, 0.15) is 24.9 Å². The van der Waals surface area contributed by atoms with Gasteiger partial charge in [-0.05, 0) is 24.8 Å². The fourth-order valence-corrected chi connectivity index (χ4v) is 2.91. The molecular weight excluding hydrogens is 182 g/mol. The van der Waals surface area contributed by atoms with Gasteiger partial charge < -0.3 is 0 Å². The molecule has 1 aliphatic carbocycles. The Balaban J connectivity index is 1.81. The van der Waals surface area contributed by atoms with E-state index in [1.807, 2.05) is 0 Å². The molecule has 3 atom stereocenters. The zero-order valence-corrected chi connectivity index (χ0v) is 9.13. The average Bonchev–Trinajstić information content (AvgIpc) is 2.91. The van der Waals surface area contributed by atoms with Crippen molar-refractivity contribution in [1.82, 2.24) is 4.90 Å². The van der Waals surface area contributed by atoms with Gasteiger partial charge in [0.1, 0.15) is 0 Å². The van der Waals surface area contributed by atoms with Crippen molar-refractivity contribution in [3.05, 3.63) is 48.0 Å². The van der Waals surface area contributed by atoms with E-state index in [-0.39, 0.29) is 0 Å². The third kappa shape index (κ3) is 1.51. The summed E-state index contributed by atoms with van der Waals surface area (Å²) in [5, 5.41) is 0. The lowest BCUT2D eigenvalue weighted by atomic mass is 10.1. The van der Waals surface area contributed by atoms with Gasteiger partial charge >= 0.3 is 0 Å². The largest absolute Gasteiger partial charge is 0.290 e. The van der Waals surface area contributed by atoms with E-state index in [0.717, 1.165) is 5.92 Å². The first-order chi connectivity index (χ1) is 7.34. The van der Waals surface area contributed by atoms with Crippen LogP contribution in [0.5, 0.6) is 0 Å². The van der Waals surface area contributed by atoms with Crippen LogP contribution in [-0.4, -0.2) is 17.5 Å².